The lowest BCUT2D eigenvalue weighted by Gasteiger charge is -2.42. The van der Waals surface area contributed by atoms with Crippen LogP contribution in [-0.4, -0.2) is 98.1 Å². The third kappa shape index (κ3) is 5.57. The summed E-state index contributed by atoms with van der Waals surface area (Å²) < 4.78 is 53.9. The topological polar surface area (TPSA) is 142 Å². The number of likely N-dealkylation sites (tertiary alicyclic amines) is 1. The van der Waals surface area contributed by atoms with Crippen molar-refractivity contribution in [3.8, 4) is 23.2 Å². The number of anilines is 2. The highest BCUT2D eigenvalue weighted by molar-refractivity contribution is 7.23. The summed E-state index contributed by atoms with van der Waals surface area (Å²) in [5.41, 5.74) is 5.51. The Hall–Kier alpha value is -4.43. The smallest absolute Gasteiger partial charge is 0.346 e. The molecule has 3 aromatic heterocycles. The number of thiophene rings is 1. The van der Waals surface area contributed by atoms with Gasteiger partial charge in [-0.15, -0.1) is 16.4 Å². The molecule has 0 bridgehead atoms. The summed E-state index contributed by atoms with van der Waals surface area (Å²) in [5.74, 6) is -1.16. The van der Waals surface area contributed by atoms with Gasteiger partial charge >= 0.3 is 12.0 Å². The molecule has 2 aromatic carbocycles. The number of halogens is 5. The van der Waals surface area contributed by atoms with Crippen LogP contribution in [0.5, 0.6) is 6.01 Å². The molecule has 3 aliphatic heterocycles. The predicted octanol–water partition coefficient (Wildman–Crippen LogP) is 6.28. The number of amides is 1. The van der Waals surface area contributed by atoms with Crippen molar-refractivity contribution in [3.05, 3.63) is 52.0 Å². The summed E-state index contributed by atoms with van der Waals surface area (Å²) >= 11 is 13.5. The summed E-state index contributed by atoms with van der Waals surface area (Å²) in [5, 5.41) is 14.2. The molecule has 51 heavy (non-hydrogen) atoms. The van der Waals surface area contributed by atoms with Crippen LogP contribution in [0.25, 0.3) is 32.1 Å². The van der Waals surface area contributed by atoms with Crippen molar-refractivity contribution in [1.82, 2.24) is 34.5 Å². The average Bonchev–Trinajstić information content (AvgIpc) is 3.85. The van der Waals surface area contributed by atoms with Crippen LogP contribution in [0.2, 0.25) is 10.3 Å². The predicted molar refractivity (Wildman–Crippen MR) is 187 cm³/mol. The molecule has 6 heterocycles. The maximum atomic E-state index is 17.0. The number of nitriles is 1. The van der Waals surface area contributed by atoms with E-state index in [2.05, 4.69) is 20.0 Å². The number of carbonyl (C=O) groups excluding carboxylic acids is 1. The number of nitrogens with two attached hydrogens (primary N) is 1. The Morgan fingerprint density at radius 1 is 1.27 bits per heavy atom. The van der Waals surface area contributed by atoms with Gasteiger partial charge in [-0.1, -0.05) is 17.7 Å². The number of benzene rings is 2. The number of likely N-dealkylation sites (N-methyl/N-ethyl adjacent to an activating group) is 1. The van der Waals surface area contributed by atoms with Crippen LogP contribution >= 0.6 is 34.5 Å². The molecule has 3 atom stereocenters. The van der Waals surface area contributed by atoms with Crippen molar-refractivity contribution in [1.29, 1.82) is 5.26 Å². The van der Waals surface area contributed by atoms with Crippen LogP contribution in [0.4, 0.5) is 28.8 Å². The normalized spacial score (nSPS) is 21.6. The van der Waals surface area contributed by atoms with E-state index in [1.54, 1.807) is 16.8 Å². The molecule has 12 nitrogen and oxygen atoms in total. The van der Waals surface area contributed by atoms with E-state index in [0.29, 0.717) is 32.5 Å². The highest BCUT2D eigenvalue weighted by Gasteiger charge is 2.49. The van der Waals surface area contributed by atoms with Gasteiger partial charge in [-0.2, -0.15) is 19.9 Å². The van der Waals surface area contributed by atoms with Crippen LogP contribution < -0.4 is 15.4 Å². The van der Waals surface area contributed by atoms with Gasteiger partial charge in [0.25, 0.3) is 0 Å². The molecular formula is C33H29Cl2F3N10O2S. The number of hydrogen-bond acceptors (Lipinski definition) is 11. The second kappa shape index (κ2) is 12.7. The van der Waals surface area contributed by atoms with E-state index in [9.17, 15) is 18.8 Å². The van der Waals surface area contributed by atoms with Gasteiger partial charge in [0.15, 0.2) is 5.82 Å². The van der Waals surface area contributed by atoms with Crippen molar-refractivity contribution in [2.45, 2.75) is 43.4 Å². The van der Waals surface area contributed by atoms with Crippen LogP contribution in [-0.2, 0) is 0 Å². The van der Waals surface area contributed by atoms with Gasteiger partial charge in [-0.3, -0.25) is 4.90 Å². The van der Waals surface area contributed by atoms with Gasteiger partial charge in [-0.05, 0) is 55.1 Å². The standard InChI is InChI=1S/C33H29Cl2F3N10O2S/c1-45(13-17-5-8-47(17)32(49)48-15-41-30(35)44-48)29-19-9-21(34)24(18-3-4-22(37)27-23(18)20(11-39)28(40)51-27)25(38)26(19)42-31(43-29)50-14-33-6-2-7-46(33)12-16(36)10-33/h3-4,9,15-17H,2,5-8,10,12-14,40H2,1H3/t16-,17-,33+/m1/s1. The first-order valence-electron chi connectivity index (χ1n) is 16.2. The Morgan fingerprint density at radius 3 is 2.82 bits per heavy atom. The second-order valence-electron chi connectivity index (χ2n) is 13.1. The molecule has 0 aliphatic carbocycles. The third-order valence-electron chi connectivity index (χ3n) is 10.2. The Kier molecular flexibility index (Phi) is 8.36. The number of rotatable bonds is 7. The van der Waals surface area contributed by atoms with Gasteiger partial charge in [0, 0.05) is 49.4 Å². The number of alkyl halides is 1. The maximum Gasteiger partial charge on any atom is 0.346 e. The number of hydrogen-bond donors (Lipinski definition) is 1. The lowest BCUT2D eigenvalue weighted by atomic mass is 9.95. The largest absolute Gasteiger partial charge is 0.461 e. The highest BCUT2D eigenvalue weighted by atomic mass is 35.5. The molecule has 3 saturated heterocycles. The van der Waals surface area contributed by atoms with Crippen LogP contribution in [0.15, 0.2) is 24.5 Å². The molecule has 0 spiro atoms. The second-order valence-corrected chi connectivity index (χ2v) is 14.9. The van der Waals surface area contributed by atoms with Crippen molar-refractivity contribution in [2.24, 2.45) is 0 Å². The van der Waals surface area contributed by atoms with E-state index in [1.165, 1.54) is 24.5 Å². The van der Waals surface area contributed by atoms with Crippen molar-refractivity contribution in [2.75, 3.05) is 50.5 Å². The van der Waals surface area contributed by atoms with Crippen molar-refractivity contribution in [3.63, 3.8) is 0 Å². The third-order valence-corrected chi connectivity index (χ3v) is 11.7. The van der Waals surface area contributed by atoms with Crippen molar-refractivity contribution >= 4 is 72.4 Å². The molecule has 0 unspecified atom stereocenters. The zero-order valence-corrected chi connectivity index (χ0v) is 29.4. The van der Waals surface area contributed by atoms with E-state index < -0.39 is 29.4 Å². The van der Waals surface area contributed by atoms with E-state index in [-0.39, 0.29) is 77.5 Å². The summed E-state index contributed by atoms with van der Waals surface area (Å²) in [4.78, 5) is 31.6. The zero-order valence-electron chi connectivity index (χ0n) is 27.0. The van der Waals surface area contributed by atoms with Gasteiger partial charge in [0.1, 0.15) is 47.3 Å². The molecule has 8 rings (SSSR count). The molecule has 0 radical (unpaired) electrons. The number of nitrogens with zero attached hydrogens (tertiary/aromatic N) is 9. The van der Waals surface area contributed by atoms with Crippen molar-refractivity contribution < 1.29 is 22.7 Å². The maximum absolute atomic E-state index is 17.0. The molecule has 3 aliphatic rings. The van der Waals surface area contributed by atoms with Gasteiger partial charge < -0.3 is 20.3 Å². The van der Waals surface area contributed by atoms with Crippen LogP contribution in [0.1, 0.15) is 31.2 Å². The number of ether oxygens (including phenoxy) is 1. The minimum atomic E-state index is -0.978. The summed E-state index contributed by atoms with van der Waals surface area (Å²) in [6.45, 7) is 1.96. The van der Waals surface area contributed by atoms with E-state index in [4.69, 9.17) is 38.7 Å². The number of fused-ring (bicyclic) bond motifs is 3. The minimum absolute atomic E-state index is 0.0167. The summed E-state index contributed by atoms with van der Waals surface area (Å²) in [7, 11) is 1.75. The van der Waals surface area contributed by atoms with Gasteiger partial charge in [-0.25, -0.2) is 22.9 Å². The summed E-state index contributed by atoms with van der Waals surface area (Å²) in [6.07, 6.45) is 2.91. The average molecular weight is 758 g/mol. The fourth-order valence-electron chi connectivity index (χ4n) is 7.67. The molecular weight excluding hydrogens is 728 g/mol. The lowest BCUT2D eigenvalue weighted by Crippen LogP contribution is -2.57. The van der Waals surface area contributed by atoms with Crippen LogP contribution in [0.3, 0.4) is 0 Å². The quantitative estimate of drug-likeness (QED) is 0.202. The highest BCUT2D eigenvalue weighted by Crippen LogP contribution is 2.46. The van der Waals surface area contributed by atoms with E-state index in [0.717, 1.165) is 35.4 Å². The molecule has 264 valence electrons. The Morgan fingerprint density at radius 2 is 2.10 bits per heavy atom. The van der Waals surface area contributed by atoms with E-state index >= 15 is 4.39 Å². The number of carbonyl (C=O) groups is 1. The molecule has 18 heteroatoms. The first-order chi connectivity index (χ1) is 24.5. The Labute approximate surface area is 303 Å². The fraction of sp³-hybridized carbons (Fsp3) is 0.394. The monoisotopic (exact) mass is 756 g/mol. The van der Waals surface area contributed by atoms with Gasteiger partial charge in [0.2, 0.25) is 5.28 Å². The first-order valence-corrected chi connectivity index (χ1v) is 17.8. The SMILES string of the molecule is CN(C[C@H]1CCN1C(=O)n1cnc(Cl)n1)c1nc(OC[C@@]23CCCN2C[C@H](F)C3)nc2c(F)c(-c3ccc(F)c4sc(N)c(C#N)c34)c(Cl)cc12. The number of nitrogen functional groups attached to an aromatic ring is 1. The lowest BCUT2D eigenvalue weighted by molar-refractivity contribution is 0.107. The van der Waals surface area contributed by atoms with Crippen LogP contribution in [0, 0.1) is 23.0 Å². The Balaban J connectivity index is 1.21. The molecule has 0 saturated carbocycles. The molecule has 5 aromatic rings. The molecule has 3 fully saturated rings. The number of aromatic nitrogens is 5. The minimum Gasteiger partial charge on any atom is -0.461 e. The Bertz CT molecular complexity index is 2280. The van der Waals surface area contributed by atoms with Gasteiger partial charge in [0.05, 0.1) is 26.9 Å². The zero-order chi connectivity index (χ0) is 35.8. The first kappa shape index (κ1) is 33.7. The van der Waals surface area contributed by atoms with E-state index in [1.807, 2.05) is 6.07 Å². The fourth-order valence-corrected chi connectivity index (χ4v) is 9.04. The summed E-state index contributed by atoms with van der Waals surface area (Å²) in [6, 6.07) is 5.28. The molecule has 1 amide bonds. The molecule has 2 N–H and O–H groups in total.